The molecule has 7 atom stereocenters. The van der Waals surface area contributed by atoms with Gasteiger partial charge in [-0.1, -0.05) is 19.9 Å². The first-order chi connectivity index (χ1) is 12.3. The van der Waals surface area contributed by atoms with Gasteiger partial charge in [-0.2, -0.15) is 0 Å². The average Bonchev–Trinajstić information content (AvgIpc) is 2.99. The molecular weight excluding hydrogens is 330 g/mol. The zero-order valence-electron chi connectivity index (χ0n) is 16.3. The molecule has 4 rings (SSSR count). The molecule has 0 aromatic carbocycles. The highest BCUT2D eigenvalue weighted by Gasteiger charge is 2.65. The largest absolute Gasteiger partial charge is 0.469 e. The van der Waals surface area contributed by atoms with Gasteiger partial charge in [-0.25, -0.2) is 0 Å². The second-order valence-corrected chi connectivity index (χ2v) is 9.25. The smallest absolute Gasteiger partial charge is 0.309 e. The van der Waals surface area contributed by atoms with Gasteiger partial charge in [-0.05, 0) is 67.8 Å². The van der Waals surface area contributed by atoms with Gasteiger partial charge in [0, 0.05) is 12.5 Å². The molecule has 0 bridgehead atoms. The minimum absolute atomic E-state index is 0.0296. The van der Waals surface area contributed by atoms with E-state index in [1.54, 1.807) is 13.2 Å². The number of ether oxygens (including phenoxy) is 2. The van der Waals surface area contributed by atoms with Crippen LogP contribution in [-0.4, -0.2) is 31.8 Å². The number of rotatable bonds is 2. The maximum Gasteiger partial charge on any atom is 0.309 e. The van der Waals surface area contributed by atoms with Crippen molar-refractivity contribution in [1.29, 1.82) is 0 Å². The van der Waals surface area contributed by atoms with E-state index in [0.717, 1.165) is 38.5 Å². The quantitative estimate of drug-likeness (QED) is 0.768. The summed E-state index contributed by atoms with van der Waals surface area (Å²) in [6.07, 6.45) is 9.78. The number of amides is 1. The van der Waals surface area contributed by atoms with Gasteiger partial charge < -0.3 is 14.8 Å². The van der Waals surface area contributed by atoms with Gasteiger partial charge >= 0.3 is 5.97 Å². The van der Waals surface area contributed by atoms with Crippen LogP contribution in [0, 0.1) is 34.5 Å². The highest BCUT2D eigenvalue weighted by molar-refractivity contribution is 5.89. The zero-order valence-corrected chi connectivity index (χ0v) is 16.3. The number of hydrogen-bond donors (Lipinski definition) is 1. The number of fused-ring (bicyclic) bond motifs is 5. The number of nitrogens with one attached hydrogen (secondary N) is 1. The normalized spacial score (nSPS) is 49.6. The van der Waals surface area contributed by atoms with Crippen LogP contribution in [0.2, 0.25) is 0 Å². The molecule has 0 aromatic heterocycles. The van der Waals surface area contributed by atoms with Gasteiger partial charge in [0.2, 0.25) is 5.91 Å². The van der Waals surface area contributed by atoms with Crippen molar-refractivity contribution in [1.82, 2.24) is 5.32 Å². The Hall–Kier alpha value is -1.36. The van der Waals surface area contributed by atoms with E-state index in [1.165, 1.54) is 7.11 Å². The second kappa shape index (κ2) is 5.82. The number of carbonyl (C=O) groups excluding carboxylic acids is 2. The molecule has 0 radical (unpaired) electrons. The summed E-state index contributed by atoms with van der Waals surface area (Å²) in [7, 11) is 3.22. The SMILES string of the molecule is COC(=O)[C@H]1CCC2C3CCC4(OC)NC(=O)C=C[C@]4(C)C3CC[C@@]21C. The fraction of sp³-hybridized carbons (Fsp3) is 0.810. The van der Waals surface area contributed by atoms with Crippen LogP contribution >= 0.6 is 0 Å². The standard InChI is InChI=1S/C21H31NO4/c1-19-10-8-15-13(14(19)5-6-16(19)18(24)25-3)7-12-21(26-4)20(15,2)11-9-17(23)22-21/h9,11,13-16H,5-8,10,12H2,1-4H3,(H,22,23)/t13?,14?,15?,16-,19+,20-,21?/m1/s1. The van der Waals surface area contributed by atoms with Crippen molar-refractivity contribution in [3.05, 3.63) is 12.2 Å². The Morgan fingerprint density at radius 2 is 1.88 bits per heavy atom. The zero-order chi connectivity index (χ0) is 18.7. The molecule has 5 nitrogen and oxygen atoms in total. The third kappa shape index (κ3) is 2.12. The lowest BCUT2D eigenvalue weighted by atomic mass is 9.47. The molecule has 4 unspecified atom stereocenters. The molecule has 0 saturated heterocycles. The summed E-state index contributed by atoms with van der Waals surface area (Å²) in [5.74, 6) is 1.51. The van der Waals surface area contributed by atoms with Crippen molar-refractivity contribution < 1.29 is 19.1 Å². The van der Waals surface area contributed by atoms with E-state index in [0.29, 0.717) is 17.8 Å². The molecule has 1 heterocycles. The van der Waals surface area contributed by atoms with E-state index in [2.05, 4.69) is 25.2 Å². The molecule has 144 valence electrons. The Balaban J connectivity index is 1.69. The van der Waals surface area contributed by atoms with Crippen LogP contribution in [0.1, 0.15) is 52.4 Å². The monoisotopic (exact) mass is 361 g/mol. The van der Waals surface area contributed by atoms with Gasteiger partial charge in [0.1, 0.15) is 5.72 Å². The fourth-order valence-corrected chi connectivity index (χ4v) is 7.22. The van der Waals surface area contributed by atoms with Gasteiger partial charge in [-0.3, -0.25) is 9.59 Å². The summed E-state index contributed by atoms with van der Waals surface area (Å²) < 4.78 is 11.1. The van der Waals surface area contributed by atoms with Crippen LogP contribution in [0.3, 0.4) is 0 Å². The molecule has 3 fully saturated rings. The van der Waals surface area contributed by atoms with Crippen LogP contribution in [0.25, 0.3) is 0 Å². The molecule has 0 spiro atoms. The van der Waals surface area contributed by atoms with E-state index >= 15 is 0 Å². The van der Waals surface area contributed by atoms with Crippen LogP contribution < -0.4 is 5.32 Å². The summed E-state index contributed by atoms with van der Waals surface area (Å²) >= 11 is 0. The second-order valence-electron chi connectivity index (χ2n) is 9.25. The van der Waals surface area contributed by atoms with Crippen LogP contribution in [0.5, 0.6) is 0 Å². The molecule has 4 aliphatic rings. The van der Waals surface area contributed by atoms with Crippen molar-refractivity contribution >= 4 is 11.9 Å². The van der Waals surface area contributed by atoms with Gasteiger partial charge in [0.25, 0.3) is 0 Å². The highest BCUT2D eigenvalue weighted by Crippen LogP contribution is 2.66. The van der Waals surface area contributed by atoms with E-state index < -0.39 is 5.72 Å². The Bertz CT molecular complexity index is 660. The van der Waals surface area contributed by atoms with Crippen molar-refractivity contribution in [2.24, 2.45) is 34.5 Å². The van der Waals surface area contributed by atoms with Crippen molar-refractivity contribution in [3.63, 3.8) is 0 Å². The summed E-state index contributed by atoms with van der Waals surface area (Å²) in [5.41, 5.74) is -0.767. The van der Waals surface area contributed by atoms with Gasteiger partial charge in [-0.15, -0.1) is 0 Å². The van der Waals surface area contributed by atoms with E-state index in [9.17, 15) is 9.59 Å². The number of carbonyl (C=O) groups is 2. The Morgan fingerprint density at radius 3 is 2.58 bits per heavy atom. The molecular formula is C21H31NO4. The lowest BCUT2D eigenvalue weighted by molar-refractivity contribution is -0.201. The average molecular weight is 361 g/mol. The first-order valence-corrected chi connectivity index (χ1v) is 9.96. The number of methoxy groups -OCH3 is 2. The maximum atomic E-state index is 12.4. The first-order valence-electron chi connectivity index (χ1n) is 9.96. The predicted molar refractivity (Wildman–Crippen MR) is 96.9 cm³/mol. The van der Waals surface area contributed by atoms with Crippen molar-refractivity contribution in [3.8, 4) is 0 Å². The minimum atomic E-state index is -0.603. The summed E-state index contributed by atoms with van der Waals surface area (Å²) in [4.78, 5) is 24.4. The summed E-state index contributed by atoms with van der Waals surface area (Å²) in [6.45, 7) is 4.56. The molecule has 5 heteroatoms. The van der Waals surface area contributed by atoms with Crippen LogP contribution in [0.15, 0.2) is 12.2 Å². The molecule has 1 N–H and O–H groups in total. The van der Waals surface area contributed by atoms with E-state index in [4.69, 9.17) is 9.47 Å². The van der Waals surface area contributed by atoms with Crippen molar-refractivity contribution in [2.75, 3.05) is 14.2 Å². The first kappa shape index (κ1) is 18.0. The van der Waals surface area contributed by atoms with E-state index in [1.807, 2.05) is 0 Å². The summed E-state index contributed by atoms with van der Waals surface area (Å²) in [5, 5.41) is 3.14. The number of hydrogen-bond acceptors (Lipinski definition) is 4. The van der Waals surface area contributed by atoms with Gasteiger partial charge in [0.15, 0.2) is 0 Å². The topological polar surface area (TPSA) is 64.6 Å². The lowest BCUT2D eigenvalue weighted by Gasteiger charge is -2.62. The highest BCUT2D eigenvalue weighted by atomic mass is 16.5. The molecule has 1 amide bonds. The third-order valence-electron chi connectivity index (χ3n) is 8.65. The summed E-state index contributed by atoms with van der Waals surface area (Å²) in [6, 6.07) is 0. The number of esters is 1. The maximum absolute atomic E-state index is 12.4. The predicted octanol–water partition coefficient (Wildman–Crippen LogP) is 3.05. The third-order valence-corrected chi connectivity index (χ3v) is 8.65. The Labute approximate surface area is 155 Å². The van der Waals surface area contributed by atoms with Gasteiger partial charge in [0.05, 0.1) is 13.0 Å². The minimum Gasteiger partial charge on any atom is -0.469 e. The Kier molecular flexibility index (Phi) is 4.03. The van der Waals surface area contributed by atoms with E-state index in [-0.39, 0.29) is 28.6 Å². The molecule has 26 heavy (non-hydrogen) atoms. The fourth-order valence-electron chi connectivity index (χ4n) is 7.22. The van der Waals surface area contributed by atoms with Crippen LogP contribution in [-0.2, 0) is 19.1 Å². The molecule has 3 saturated carbocycles. The Morgan fingerprint density at radius 1 is 1.12 bits per heavy atom. The molecule has 0 aromatic rings. The molecule has 3 aliphatic carbocycles. The molecule has 1 aliphatic heterocycles. The van der Waals surface area contributed by atoms with Crippen LogP contribution in [0.4, 0.5) is 0 Å². The van der Waals surface area contributed by atoms with Crippen molar-refractivity contribution in [2.45, 2.75) is 58.1 Å². The lowest BCUT2D eigenvalue weighted by Crippen LogP contribution is -2.68.